The van der Waals surface area contributed by atoms with E-state index in [0.29, 0.717) is 16.5 Å². The second-order valence-electron chi connectivity index (χ2n) is 4.43. The Bertz CT molecular complexity index is 528. The highest BCUT2D eigenvalue weighted by Crippen LogP contribution is 2.29. The number of aliphatic hydroxyl groups excluding tert-OH is 1. The van der Waals surface area contributed by atoms with Crippen molar-refractivity contribution in [1.29, 1.82) is 0 Å². The van der Waals surface area contributed by atoms with Crippen molar-refractivity contribution in [2.75, 3.05) is 0 Å². The van der Waals surface area contributed by atoms with Crippen LogP contribution in [0.2, 0.25) is 0 Å². The average molecular weight is 309 g/mol. The number of ether oxygens (including phenoxy) is 1. The normalized spacial score (nSPS) is 16.6. The van der Waals surface area contributed by atoms with Gasteiger partial charge in [0.25, 0.3) is 0 Å². The molecule has 1 aromatic heterocycles. The van der Waals surface area contributed by atoms with Crippen LogP contribution in [0.1, 0.15) is 30.3 Å². The van der Waals surface area contributed by atoms with Crippen LogP contribution in [0.15, 0.2) is 45.5 Å². The zero-order valence-corrected chi connectivity index (χ0v) is 11.3. The third-order valence-electron chi connectivity index (χ3n) is 2.89. The van der Waals surface area contributed by atoms with Gasteiger partial charge in [0.15, 0.2) is 4.67 Å². The van der Waals surface area contributed by atoms with Crippen LogP contribution in [-0.2, 0) is 0 Å². The highest BCUT2D eigenvalue weighted by molar-refractivity contribution is 9.10. The molecule has 4 heteroatoms. The molecule has 1 N–H and O–H groups in total. The third kappa shape index (κ3) is 2.60. The molecule has 0 spiro atoms. The Kier molecular flexibility index (Phi) is 3.14. The molecule has 0 saturated heterocycles. The SMILES string of the molecule is OC(c1ccc(OC2CC2)cc1)c1ccc(Br)o1. The van der Waals surface area contributed by atoms with Crippen LogP contribution >= 0.6 is 15.9 Å². The second kappa shape index (κ2) is 4.78. The number of aliphatic hydroxyl groups is 1. The summed E-state index contributed by atoms with van der Waals surface area (Å²) in [5, 5.41) is 10.1. The van der Waals surface area contributed by atoms with Gasteiger partial charge in [-0.3, -0.25) is 0 Å². The molecule has 18 heavy (non-hydrogen) atoms. The smallest absolute Gasteiger partial charge is 0.169 e. The maximum absolute atomic E-state index is 10.1. The quantitative estimate of drug-likeness (QED) is 0.937. The number of hydrogen-bond donors (Lipinski definition) is 1. The number of furan rings is 1. The average Bonchev–Trinajstić information content (AvgIpc) is 3.09. The first-order valence-electron chi connectivity index (χ1n) is 5.92. The Labute approximate surface area is 114 Å². The molecule has 3 nitrogen and oxygen atoms in total. The van der Waals surface area contributed by atoms with Gasteiger partial charge in [0.2, 0.25) is 0 Å². The molecule has 0 radical (unpaired) electrons. The van der Waals surface area contributed by atoms with Crippen LogP contribution in [0.25, 0.3) is 0 Å². The van der Waals surface area contributed by atoms with Crippen molar-refractivity contribution in [2.24, 2.45) is 0 Å². The van der Waals surface area contributed by atoms with Crippen LogP contribution in [0.3, 0.4) is 0 Å². The lowest BCUT2D eigenvalue weighted by Crippen LogP contribution is -1.99. The third-order valence-corrected chi connectivity index (χ3v) is 3.31. The Hall–Kier alpha value is -1.26. The minimum absolute atomic E-state index is 0.391. The molecule has 1 aromatic carbocycles. The fraction of sp³-hybridized carbons (Fsp3) is 0.286. The molecule has 0 aliphatic heterocycles. The summed E-state index contributed by atoms with van der Waals surface area (Å²) in [7, 11) is 0. The summed E-state index contributed by atoms with van der Waals surface area (Å²) >= 11 is 3.22. The summed E-state index contributed by atoms with van der Waals surface area (Å²) in [6, 6.07) is 11.0. The van der Waals surface area contributed by atoms with Gasteiger partial charge in [0.1, 0.15) is 17.6 Å². The van der Waals surface area contributed by atoms with Gasteiger partial charge in [0.05, 0.1) is 6.10 Å². The highest BCUT2D eigenvalue weighted by Gasteiger charge is 2.23. The maximum Gasteiger partial charge on any atom is 0.169 e. The van der Waals surface area contributed by atoms with Crippen molar-refractivity contribution in [3.05, 3.63) is 52.4 Å². The van der Waals surface area contributed by atoms with Crippen molar-refractivity contribution in [2.45, 2.75) is 25.0 Å². The highest BCUT2D eigenvalue weighted by atomic mass is 79.9. The van der Waals surface area contributed by atoms with Crippen LogP contribution in [0, 0.1) is 0 Å². The lowest BCUT2D eigenvalue weighted by molar-refractivity contribution is 0.187. The largest absolute Gasteiger partial charge is 0.490 e. The van der Waals surface area contributed by atoms with E-state index < -0.39 is 6.10 Å². The number of benzene rings is 1. The number of hydrogen-bond acceptors (Lipinski definition) is 3. The van der Waals surface area contributed by atoms with E-state index in [4.69, 9.17) is 9.15 Å². The summed E-state index contributed by atoms with van der Waals surface area (Å²) in [5.74, 6) is 1.38. The van der Waals surface area contributed by atoms with Gasteiger partial charge < -0.3 is 14.3 Å². The molecule has 1 fully saturated rings. The topological polar surface area (TPSA) is 42.6 Å². The molecule has 1 heterocycles. The minimum Gasteiger partial charge on any atom is -0.490 e. The molecule has 1 aliphatic rings. The van der Waals surface area contributed by atoms with E-state index in [1.165, 1.54) is 0 Å². The minimum atomic E-state index is -0.744. The van der Waals surface area contributed by atoms with Crippen LogP contribution in [0.5, 0.6) is 5.75 Å². The molecule has 1 saturated carbocycles. The number of rotatable bonds is 4. The Balaban J connectivity index is 1.74. The molecule has 94 valence electrons. The van der Waals surface area contributed by atoms with Crippen molar-refractivity contribution in [3.63, 3.8) is 0 Å². The standard InChI is InChI=1S/C14H13BrO3/c15-13-8-7-12(18-13)14(16)9-1-3-10(4-2-9)17-11-5-6-11/h1-4,7-8,11,14,16H,5-6H2. The van der Waals surface area contributed by atoms with E-state index >= 15 is 0 Å². The van der Waals surface area contributed by atoms with Crippen LogP contribution in [0.4, 0.5) is 0 Å². The first-order valence-corrected chi connectivity index (χ1v) is 6.71. The summed E-state index contributed by atoms with van der Waals surface area (Å²) in [6.07, 6.45) is 1.93. The van der Waals surface area contributed by atoms with Gasteiger partial charge in [-0.2, -0.15) is 0 Å². The summed E-state index contributed by atoms with van der Waals surface area (Å²) in [6.45, 7) is 0. The summed E-state index contributed by atoms with van der Waals surface area (Å²) < 4.78 is 11.6. The molecule has 0 amide bonds. The van der Waals surface area contributed by atoms with Gasteiger partial charge in [-0.25, -0.2) is 0 Å². The first kappa shape index (κ1) is 11.8. The van der Waals surface area contributed by atoms with Gasteiger partial charge in [0, 0.05) is 0 Å². The predicted molar refractivity (Wildman–Crippen MR) is 70.6 cm³/mol. The Morgan fingerprint density at radius 3 is 2.44 bits per heavy atom. The second-order valence-corrected chi connectivity index (χ2v) is 5.21. The van der Waals surface area contributed by atoms with Gasteiger partial charge >= 0.3 is 0 Å². The van der Waals surface area contributed by atoms with Gasteiger partial charge in [-0.1, -0.05) is 12.1 Å². The summed E-state index contributed by atoms with van der Waals surface area (Å²) in [4.78, 5) is 0. The molecule has 3 rings (SSSR count). The molecule has 2 aromatic rings. The van der Waals surface area contributed by atoms with E-state index in [1.807, 2.05) is 24.3 Å². The first-order chi connectivity index (χ1) is 8.72. The molecular weight excluding hydrogens is 296 g/mol. The Morgan fingerprint density at radius 2 is 1.89 bits per heavy atom. The van der Waals surface area contributed by atoms with Crippen LogP contribution in [-0.4, -0.2) is 11.2 Å². The zero-order chi connectivity index (χ0) is 12.5. The lowest BCUT2D eigenvalue weighted by atomic mass is 10.1. The van der Waals surface area contributed by atoms with Gasteiger partial charge in [-0.15, -0.1) is 0 Å². The van der Waals surface area contributed by atoms with E-state index in [9.17, 15) is 5.11 Å². The summed E-state index contributed by atoms with van der Waals surface area (Å²) in [5.41, 5.74) is 0.792. The van der Waals surface area contributed by atoms with Crippen molar-refractivity contribution in [3.8, 4) is 5.75 Å². The maximum atomic E-state index is 10.1. The van der Waals surface area contributed by atoms with Crippen LogP contribution < -0.4 is 4.74 Å². The van der Waals surface area contributed by atoms with E-state index in [1.54, 1.807) is 12.1 Å². The molecule has 0 bridgehead atoms. The molecule has 1 aliphatic carbocycles. The molecular formula is C14H13BrO3. The lowest BCUT2D eigenvalue weighted by Gasteiger charge is -2.09. The monoisotopic (exact) mass is 308 g/mol. The van der Waals surface area contributed by atoms with E-state index in [0.717, 1.165) is 24.2 Å². The van der Waals surface area contributed by atoms with E-state index in [2.05, 4.69) is 15.9 Å². The van der Waals surface area contributed by atoms with E-state index in [-0.39, 0.29) is 0 Å². The fourth-order valence-electron chi connectivity index (χ4n) is 1.75. The Morgan fingerprint density at radius 1 is 1.17 bits per heavy atom. The fourth-order valence-corrected chi connectivity index (χ4v) is 2.07. The van der Waals surface area contributed by atoms with Crippen molar-refractivity contribution in [1.82, 2.24) is 0 Å². The predicted octanol–water partition coefficient (Wildman–Crippen LogP) is 3.67. The number of halogens is 1. The zero-order valence-electron chi connectivity index (χ0n) is 9.67. The van der Waals surface area contributed by atoms with Crippen molar-refractivity contribution >= 4 is 15.9 Å². The molecule has 1 unspecified atom stereocenters. The molecule has 1 atom stereocenters. The van der Waals surface area contributed by atoms with Gasteiger partial charge in [-0.05, 0) is 58.6 Å². The van der Waals surface area contributed by atoms with Crippen molar-refractivity contribution < 1.29 is 14.3 Å².